The lowest BCUT2D eigenvalue weighted by Gasteiger charge is -2.31. The highest BCUT2D eigenvalue weighted by Gasteiger charge is 2.40. The first kappa shape index (κ1) is 22.6. The second-order valence-electron chi connectivity index (χ2n) is 9.88. The largest absolute Gasteiger partial charge is 0.353 e. The second kappa shape index (κ2) is 9.80. The van der Waals surface area contributed by atoms with E-state index >= 15 is 0 Å². The molecule has 0 aromatic heterocycles. The van der Waals surface area contributed by atoms with Crippen molar-refractivity contribution in [3.8, 4) is 0 Å². The zero-order valence-electron chi connectivity index (χ0n) is 18.0. The van der Waals surface area contributed by atoms with Crippen LogP contribution in [-0.2, 0) is 19.4 Å². The Balaban J connectivity index is 1.54. The van der Waals surface area contributed by atoms with Gasteiger partial charge >= 0.3 is 0 Å². The van der Waals surface area contributed by atoms with Gasteiger partial charge in [0, 0.05) is 24.9 Å². The summed E-state index contributed by atoms with van der Waals surface area (Å²) in [5.74, 6) is 0.367. The van der Waals surface area contributed by atoms with Gasteiger partial charge in [-0.1, -0.05) is 39.5 Å². The molecule has 0 spiro atoms. The number of carbonyl (C=O) groups excluding carboxylic acids is 2. The molecule has 3 rings (SSSR count). The van der Waals surface area contributed by atoms with Crippen LogP contribution in [0, 0.1) is 23.7 Å². The Kier molecular flexibility index (Phi) is 7.63. The Morgan fingerprint density at radius 2 is 1.10 bits per heavy atom. The van der Waals surface area contributed by atoms with Crippen LogP contribution in [0.1, 0.15) is 78.1 Å². The van der Waals surface area contributed by atoms with Crippen molar-refractivity contribution in [2.75, 3.05) is 11.5 Å². The highest BCUT2D eigenvalue weighted by atomic mass is 32.2. The van der Waals surface area contributed by atoms with E-state index in [-0.39, 0.29) is 60.1 Å². The van der Waals surface area contributed by atoms with Crippen molar-refractivity contribution in [2.45, 2.75) is 90.1 Å². The molecular weight excluding hydrogens is 388 g/mol. The van der Waals surface area contributed by atoms with Gasteiger partial charge in [-0.25, -0.2) is 8.42 Å². The van der Waals surface area contributed by atoms with Crippen molar-refractivity contribution in [2.24, 2.45) is 23.7 Å². The van der Waals surface area contributed by atoms with Gasteiger partial charge in [0.2, 0.25) is 11.8 Å². The summed E-state index contributed by atoms with van der Waals surface area (Å²) >= 11 is 0. The fraction of sp³-hybridized carbons (Fsp3) is 0.909. The fourth-order valence-electron chi connectivity index (χ4n) is 5.51. The van der Waals surface area contributed by atoms with E-state index in [1.54, 1.807) is 0 Å². The summed E-state index contributed by atoms with van der Waals surface area (Å²) in [6, 6.07) is 0.396. The summed E-state index contributed by atoms with van der Waals surface area (Å²) < 4.78 is 24.5. The fourth-order valence-corrected chi connectivity index (χ4v) is 7.73. The summed E-state index contributed by atoms with van der Waals surface area (Å²) in [6.45, 7) is 4.34. The number of amides is 2. The summed E-state index contributed by atoms with van der Waals surface area (Å²) in [4.78, 5) is 25.2. The number of hydrogen-bond donors (Lipinski definition) is 2. The molecule has 7 heteroatoms. The summed E-state index contributed by atoms with van der Waals surface area (Å²) in [7, 11) is -3.18. The Hall–Kier alpha value is -1.11. The maximum absolute atomic E-state index is 12.6. The minimum atomic E-state index is -3.18. The highest BCUT2D eigenvalue weighted by molar-refractivity contribution is 7.91. The third-order valence-corrected chi connectivity index (χ3v) is 9.29. The molecule has 1 heterocycles. The molecule has 3 aliphatic rings. The summed E-state index contributed by atoms with van der Waals surface area (Å²) in [5.41, 5.74) is 0. The van der Waals surface area contributed by atoms with Crippen molar-refractivity contribution in [1.29, 1.82) is 0 Å². The molecule has 166 valence electrons. The van der Waals surface area contributed by atoms with Crippen LogP contribution in [0.25, 0.3) is 0 Å². The van der Waals surface area contributed by atoms with E-state index in [1.807, 2.05) is 0 Å². The molecule has 2 aliphatic carbocycles. The van der Waals surface area contributed by atoms with E-state index in [4.69, 9.17) is 0 Å². The van der Waals surface area contributed by atoms with Crippen LogP contribution in [0.5, 0.6) is 0 Å². The molecule has 1 saturated heterocycles. The Morgan fingerprint density at radius 1 is 0.724 bits per heavy atom. The minimum absolute atomic E-state index is 0.0262. The molecule has 29 heavy (non-hydrogen) atoms. The van der Waals surface area contributed by atoms with E-state index in [0.717, 1.165) is 38.5 Å². The number of nitrogens with one attached hydrogen (secondary N) is 2. The van der Waals surface area contributed by atoms with Crippen LogP contribution in [0.3, 0.4) is 0 Å². The topological polar surface area (TPSA) is 92.3 Å². The van der Waals surface area contributed by atoms with Gasteiger partial charge in [-0.15, -0.1) is 0 Å². The van der Waals surface area contributed by atoms with Crippen LogP contribution in [0.4, 0.5) is 0 Å². The molecule has 0 bridgehead atoms. The molecule has 0 aromatic carbocycles. The monoisotopic (exact) mass is 426 g/mol. The maximum atomic E-state index is 12.6. The molecule has 3 fully saturated rings. The van der Waals surface area contributed by atoms with E-state index in [0.29, 0.717) is 11.8 Å². The zero-order chi connectivity index (χ0) is 21.0. The predicted octanol–water partition coefficient (Wildman–Crippen LogP) is 2.82. The summed E-state index contributed by atoms with van der Waals surface area (Å²) in [5, 5.41) is 6.27. The standard InChI is InChI=1S/C22H38N2O4S/c1-15-7-3-5-9-19(15)23-21(25)11-17-13-29(27,28)14-18(17)12-22(26)24-20-10-6-4-8-16(20)2/h15-20H,3-14H2,1-2H3,(H,23,25)(H,24,26)/t15-,16-,17-,18+,19+,20-/m1/s1. The maximum Gasteiger partial charge on any atom is 0.220 e. The summed E-state index contributed by atoms with van der Waals surface area (Å²) in [6.07, 6.45) is 9.38. The van der Waals surface area contributed by atoms with Crippen LogP contribution in [0.15, 0.2) is 0 Å². The molecule has 0 unspecified atom stereocenters. The normalized spacial score (nSPS) is 37.0. The number of sulfone groups is 1. The zero-order valence-corrected chi connectivity index (χ0v) is 18.8. The van der Waals surface area contributed by atoms with E-state index in [1.165, 1.54) is 12.8 Å². The minimum Gasteiger partial charge on any atom is -0.353 e. The molecule has 0 radical (unpaired) electrons. The van der Waals surface area contributed by atoms with Gasteiger partial charge in [0.25, 0.3) is 0 Å². The van der Waals surface area contributed by atoms with Crippen molar-refractivity contribution in [1.82, 2.24) is 10.6 Å². The average Bonchev–Trinajstić information content (AvgIpc) is 2.92. The van der Waals surface area contributed by atoms with Gasteiger partial charge in [0.05, 0.1) is 11.5 Å². The van der Waals surface area contributed by atoms with Crippen LogP contribution in [0.2, 0.25) is 0 Å². The SMILES string of the molecule is C[C@@H]1CCCC[C@@H]1NC(=O)C[C@@H]1CS(=O)(=O)C[C@@H]1CC(=O)N[C@@H]1CCCC[C@H]1C. The molecular formula is C22H38N2O4S. The van der Waals surface area contributed by atoms with E-state index < -0.39 is 9.84 Å². The third-order valence-electron chi connectivity index (χ3n) is 7.41. The highest BCUT2D eigenvalue weighted by Crippen LogP contribution is 2.32. The molecule has 2 N–H and O–H groups in total. The average molecular weight is 427 g/mol. The first-order valence-corrected chi connectivity index (χ1v) is 13.3. The molecule has 0 aromatic rings. The second-order valence-corrected chi connectivity index (χ2v) is 12.0. The lowest BCUT2D eigenvalue weighted by atomic mass is 9.84. The molecule has 2 saturated carbocycles. The molecule has 2 amide bonds. The van der Waals surface area contributed by atoms with Crippen molar-refractivity contribution >= 4 is 21.7 Å². The van der Waals surface area contributed by atoms with E-state index in [2.05, 4.69) is 24.5 Å². The van der Waals surface area contributed by atoms with Crippen LogP contribution >= 0.6 is 0 Å². The third kappa shape index (κ3) is 6.43. The van der Waals surface area contributed by atoms with E-state index in [9.17, 15) is 18.0 Å². The smallest absolute Gasteiger partial charge is 0.220 e. The lowest BCUT2D eigenvalue weighted by Crippen LogP contribution is -2.43. The van der Waals surface area contributed by atoms with Gasteiger partial charge in [-0.2, -0.15) is 0 Å². The Bertz CT molecular complexity index is 641. The Labute approximate surface area is 175 Å². The van der Waals surface area contributed by atoms with Gasteiger partial charge in [0.1, 0.15) is 0 Å². The van der Waals surface area contributed by atoms with Gasteiger partial charge < -0.3 is 10.6 Å². The number of rotatable bonds is 6. The van der Waals surface area contributed by atoms with Gasteiger partial charge in [-0.3, -0.25) is 9.59 Å². The van der Waals surface area contributed by atoms with Crippen LogP contribution < -0.4 is 10.6 Å². The van der Waals surface area contributed by atoms with Gasteiger partial charge in [-0.05, 0) is 49.4 Å². The molecule has 6 atom stereocenters. The van der Waals surface area contributed by atoms with Crippen LogP contribution in [-0.4, -0.2) is 43.8 Å². The number of carbonyl (C=O) groups is 2. The molecule has 1 aliphatic heterocycles. The number of hydrogen-bond acceptors (Lipinski definition) is 4. The van der Waals surface area contributed by atoms with Crippen molar-refractivity contribution < 1.29 is 18.0 Å². The molecule has 6 nitrogen and oxygen atoms in total. The predicted molar refractivity (Wildman–Crippen MR) is 114 cm³/mol. The first-order valence-electron chi connectivity index (χ1n) is 11.5. The van der Waals surface area contributed by atoms with Crippen molar-refractivity contribution in [3.05, 3.63) is 0 Å². The van der Waals surface area contributed by atoms with Crippen molar-refractivity contribution in [3.63, 3.8) is 0 Å². The quantitative estimate of drug-likeness (QED) is 0.683. The lowest BCUT2D eigenvalue weighted by molar-refractivity contribution is -0.126. The van der Waals surface area contributed by atoms with Gasteiger partial charge in [0.15, 0.2) is 9.84 Å². The first-order chi connectivity index (χ1) is 13.7. The Morgan fingerprint density at radius 3 is 1.48 bits per heavy atom.